The Balaban J connectivity index is 1.23. The summed E-state index contributed by atoms with van der Waals surface area (Å²) in [6.07, 6.45) is 4.46. The van der Waals surface area contributed by atoms with Crippen LogP contribution in [0.3, 0.4) is 0 Å². The lowest BCUT2D eigenvalue weighted by atomic mass is 9.87. The number of nitrogens with zero attached hydrogens (tertiary/aromatic N) is 4. The van der Waals surface area contributed by atoms with Crippen molar-refractivity contribution in [3.63, 3.8) is 0 Å². The molecule has 2 aromatic rings. The lowest BCUT2D eigenvalue weighted by Gasteiger charge is -2.36. The zero-order valence-electron chi connectivity index (χ0n) is 20.9. The van der Waals surface area contributed by atoms with Crippen LogP contribution in [-0.4, -0.2) is 63.7 Å². The van der Waals surface area contributed by atoms with Crippen molar-refractivity contribution in [2.45, 2.75) is 71.1 Å². The summed E-state index contributed by atoms with van der Waals surface area (Å²) < 4.78 is 11.7. The number of amides is 1. The highest BCUT2D eigenvalue weighted by Gasteiger charge is 2.35. The maximum absolute atomic E-state index is 12.4. The molecule has 1 N–H and O–H groups in total. The van der Waals surface area contributed by atoms with Gasteiger partial charge in [0, 0.05) is 19.1 Å². The highest BCUT2D eigenvalue weighted by atomic mass is 35.5. The number of rotatable bonds is 2. The number of hydrogen-bond acceptors (Lipinski definition) is 7. The first-order chi connectivity index (χ1) is 16.7. The van der Waals surface area contributed by atoms with Gasteiger partial charge in [0.15, 0.2) is 0 Å². The molecule has 1 unspecified atom stereocenters. The summed E-state index contributed by atoms with van der Waals surface area (Å²) in [7, 11) is 0. The number of nitrogens with one attached hydrogen (secondary N) is 1. The van der Waals surface area contributed by atoms with Crippen molar-refractivity contribution in [3.05, 3.63) is 40.3 Å². The Kier molecular flexibility index (Phi) is 6.53. The summed E-state index contributed by atoms with van der Waals surface area (Å²) in [5.41, 5.74) is 3.67. The van der Waals surface area contributed by atoms with E-state index in [1.807, 2.05) is 25.7 Å². The lowest BCUT2D eigenvalue weighted by molar-refractivity contribution is 0.0276. The fourth-order valence-corrected chi connectivity index (χ4v) is 5.54. The summed E-state index contributed by atoms with van der Waals surface area (Å²) in [6, 6.07) is 4.87. The maximum Gasteiger partial charge on any atom is 0.410 e. The van der Waals surface area contributed by atoms with E-state index in [1.165, 1.54) is 11.9 Å². The van der Waals surface area contributed by atoms with Crippen LogP contribution in [0.15, 0.2) is 18.5 Å². The fraction of sp³-hybridized carbons (Fsp3) is 0.577. The Morgan fingerprint density at radius 3 is 2.69 bits per heavy atom. The minimum absolute atomic E-state index is 0.196. The highest BCUT2D eigenvalue weighted by molar-refractivity contribution is 6.30. The number of halogens is 1. The van der Waals surface area contributed by atoms with Crippen LogP contribution in [0, 0.1) is 6.92 Å². The molecule has 0 radical (unpaired) electrons. The molecule has 1 aromatic heterocycles. The smallest absolute Gasteiger partial charge is 0.410 e. The van der Waals surface area contributed by atoms with E-state index in [4.69, 9.17) is 21.1 Å². The normalized spacial score (nSPS) is 20.9. The largest absolute Gasteiger partial charge is 0.486 e. The molecule has 4 heterocycles. The number of ether oxygens (including phenoxy) is 2. The van der Waals surface area contributed by atoms with E-state index < -0.39 is 5.60 Å². The molecule has 8 nitrogen and oxygen atoms in total. The number of aromatic nitrogens is 2. The van der Waals surface area contributed by atoms with E-state index in [0.29, 0.717) is 29.5 Å². The van der Waals surface area contributed by atoms with Crippen LogP contribution in [0.2, 0.25) is 5.15 Å². The van der Waals surface area contributed by atoms with Gasteiger partial charge in [-0.1, -0.05) is 17.7 Å². The monoisotopic (exact) mass is 499 g/mol. The summed E-state index contributed by atoms with van der Waals surface area (Å²) in [4.78, 5) is 25.3. The number of piperidine rings is 1. The first kappa shape index (κ1) is 24.1. The zero-order chi connectivity index (χ0) is 24.7. The molecule has 1 atom stereocenters. The second-order valence-electron chi connectivity index (χ2n) is 10.8. The molecule has 35 heavy (non-hydrogen) atoms. The molecule has 0 aliphatic carbocycles. The van der Waals surface area contributed by atoms with Crippen molar-refractivity contribution in [2.24, 2.45) is 0 Å². The van der Waals surface area contributed by atoms with Crippen LogP contribution in [0.25, 0.3) is 0 Å². The Hall–Kier alpha value is -2.58. The van der Waals surface area contributed by atoms with Gasteiger partial charge in [-0.3, -0.25) is 4.90 Å². The van der Waals surface area contributed by atoms with Crippen molar-refractivity contribution >= 4 is 29.2 Å². The molecule has 0 bridgehead atoms. The van der Waals surface area contributed by atoms with E-state index in [0.717, 1.165) is 68.0 Å². The quantitative estimate of drug-likeness (QED) is 0.564. The number of aryl methyl sites for hydroxylation is 1. The molecule has 2 saturated heterocycles. The average molecular weight is 500 g/mol. The summed E-state index contributed by atoms with van der Waals surface area (Å²) in [6.45, 7) is 11.8. The predicted octanol–water partition coefficient (Wildman–Crippen LogP) is 5.26. The van der Waals surface area contributed by atoms with E-state index in [-0.39, 0.29) is 6.09 Å². The van der Waals surface area contributed by atoms with Gasteiger partial charge in [0.05, 0.1) is 11.3 Å². The van der Waals surface area contributed by atoms with Crippen molar-refractivity contribution < 1.29 is 14.3 Å². The van der Waals surface area contributed by atoms with Crippen molar-refractivity contribution in [1.29, 1.82) is 0 Å². The molecule has 188 valence electrons. The van der Waals surface area contributed by atoms with Gasteiger partial charge in [0.1, 0.15) is 35.3 Å². The molecule has 2 fully saturated rings. The summed E-state index contributed by atoms with van der Waals surface area (Å²) in [5.74, 6) is 2.02. The first-order valence-corrected chi connectivity index (χ1v) is 12.8. The average Bonchev–Trinajstić information content (AvgIpc) is 3.21. The molecular weight excluding hydrogens is 466 g/mol. The Morgan fingerprint density at radius 2 is 1.94 bits per heavy atom. The number of fused-ring (bicyclic) bond motifs is 2. The van der Waals surface area contributed by atoms with E-state index in [9.17, 15) is 4.79 Å². The van der Waals surface area contributed by atoms with Crippen LogP contribution in [0.4, 0.5) is 16.3 Å². The zero-order valence-corrected chi connectivity index (χ0v) is 21.7. The van der Waals surface area contributed by atoms with E-state index >= 15 is 0 Å². The maximum atomic E-state index is 12.4. The van der Waals surface area contributed by atoms with Crippen molar-refractivity contribution in [1.82, 2.24) is 19.8 Å². The molecule has 3 aliphatic rings. The number of benzene rings is 1. The van der Waals surface area contributed by atoms with Gasteiger partial charge in [-0.25, -0.2) is 14.8 Å². The standard InChI is InChI=1S/C26H34ClN5O3/c1-16-11-18(12-21-22(16)34-14-20-23(27)28-15-29-24(20)30-21)17-5-8-31(9-6-17)19-7-10-32(13-19)25(33)35-26(2,3)4/h11-12,15,17,19H,5-10,13-14H2,1-4H3,(H,28,29,30). The summed E-state index contributed by atoms with van der Waals surface area (Å²) >= 11 is 6.27. The number of anilines is 2. The van der Waals surface area contributed by atoms with Crippen LogP contribution >= 0.6 is 11.6 Å². The number of likely N-dealkylation sites (tertiary alicyclic amines) is 2. The molecule has 1 amide bonds. The number of carbonyl (C=O) groups excluding carboxylic acids is 1. The molecule has 3 aliphatic heterocycles. The van der Waals surface area contributed by atoms with Crippen LogP contribution in [0.1, 0.15) is 62.6 Å². The third kappa shape index (κ3) is 5.19. The van der Waals surface area contributed by atoms with Gasteiger partial charge in [0.25, 0.3) is 0 Å². The second kappa shape index (κ2) is 9.47. The Morgan fingerprint density at radius 1 is 1.17 bits per heavy atom. The number of carbonyl (C=O) groups is 1. The van der Waals surface area contributed by atoms with Gasteiger partial charge in [-0.15, -0.1) is 0 Å². The van der Waals surface area contributed by atoms with Gasteiger partial charge in [-0.05, 0) is 83.2 Å². The fourth-order valence-electron chi connectivity index (χ4n) is 5.35. The minimum atomic E-state index is -0.458. The van der Waals surface area contributed by atoms with Crippen molar-refractivity contribution in [3.8, 4) is 5.75 Å². The third-order valence-corrected chi connectivity index (χ3v) is 7.46. The lowest BCUT2D eigenvalue weighted by Crippen LogP contribution is -2.43. The van der Waals surface area contributed by atoms with E-state index in [2.05, 4.69) is 39.2 Å². The Bertz CT molecular complexity index is 1110. The minimum Gasteiger partial charge on any atom is -0.486 e. The van der Waals surface area contributed by atoms with Crippen LogP contribution in [-0.2, 0) is 11.3 Å². The molecule has 0 spiro atoms. The third-order valence-electron chi connectivity index (χ3n) is 7.14. The second-order valence-corrected chi connectivity index (χ2v) is 11.2. The van der Waals surface area contributed by atoms with Gasteiger partial charge in [0.2, 0.25) is 0 Å². The first-order valence-electron chi connectivity index (χ1n) is 12.4. The van der Waals surface area contributed by atoms with Gasteiger partial charge in [-0.2, -0.15) is 0 Å². The highest BCUT2D eigenvalue weighted by Crippen LogP contribution is 2.41. The summed E-state index contributed by atoms with van der Waals surface area (Å²) in [5, 5.41) is 3.84. The van der Waals surface area contributed by atoms with Crippen molar-refractivity contribution in [2.75, 3.05) is 31.5 Å². The van der Waals surface area contributed by atoms with Crippen LogP contribution < -0.4 is 10.1 Å². The predicted molar refractivity (Wildman–Crippen MR) is 136 cm³/mol. The van der Waals surface area contributed by atoms with Crippen LogP contribution in [0.5, 0.6) is 5.75 Å². The Labute approximate surface area is 212 Å². The number of hydrogen-bond donors (Lipinski definition) is 1. The van der Waals surface area contributed by atoms with E-state index in [1.54, 1.807) is 0 Å². The molecule has 9 heteroatoms. The SMILES string of the molecule is Cc1cc(C2CCN(C3CCN(C(=O)OC(C)(C)C)C3)CC2)cc2c1OCc1c(Cl)ncnc1N2. The van der Waals surface area contributed by atoms with Gasteiger partial charge < -0.3 is 19.7 Å². The topological polar surface area (TPSA) is 79.8 Å². The molecular formula is C26H34ClN5O3. The molecule has 0 saturated carbocycles. The molecule has 1 aromatic carbocycles. The van der Waals surface area contributed by atoms with Gasteiger partial charge >= 0.3 is 6.09 Å². The molecule has 5 rings (SSSR count).